The van der Waals surface area contributed by atoms with Gasteiger partial charge in [0.15, 0.2) is 0 Å². The number of hydrogen-bond acceptors (Lipinski definition) is 3. The van der Waals surface area contributed by atoms with E-state index in [0.29, 0.717) is 24.5 Å². The summed E-state index contributed by atoms with van der Waals surface area (Å²) in [6, 6.07) is 9.00. The molecule has 1 atom stereocenters. The van der Waals surface area contributed by atoms with E-state index in [1.165, 1.54) is 0 Å². The van der Waals surface area contributed by atoms with E-state index in [0.717, 1.165) is 12.1 Å². The van der Waals surface area contributed by atoms with Gasteiger partial charge in [-0.3, -0.25) is 4.79 Å². The second kappa shape index (κ2) is 5.85. The Morgan fingerprint density at radius 1 is 1.50 bits per heavy atom. The Hall–Kier alpha value is -1.57. The molecule has 5 heteroatoms. The van der Waals surface area contributed by atoms with Gasteiger partial charge in [0.25, 0.3) is 0 Å². The van der Waals surface area contributed by atoms with Crippen LogP contribution in [0.2, 0.25) is 5.02 Å². The number of benzene rings is 1. The van der Waals surface area contributed by atoms with Crippen molar-refractivity contribution in [1.29, 1.82) is 5.26 Å². The zero-order valence-corrected chi connectivity index (χ0v) is 10.7. The number of amides is 1. The predicted molar refractivity (Wildman–Crippen MR) is 69.1 cm³/mol. The van der Waals surface area contributed by atoms with Gasteiger partial charge >= 0.3 is 0 Å². The van der Waals surface area contributed by atoms with Gasteiger partial charge in [0.1, 0.15) is 6.04 Å². The second-order valence-corrected chi connectivity index (χ2v) is 4.68. The van der Waals surface area contributed by atoms with Gasteiger partial charge in [0.2, 0.25) is 5.91 Å². The zero-order valence-electron chi connectivity index (χ0n) is 9.90. The van der Waals surface area contributed by atoms with Gasteiger partial charge in [0, 0.05) is 24.7 Å². The van der Waals surface area contributed by atoms with Gasteiger partial charge in [-0.25, -0.2) is 0 Å². The highest BCUT2D eigenvalue weighted by molar-refractivity contribution is 6.30. The molecule has 0 bridgehead atoms. The SMILES string of the molecule is N#CC1CNCCN1C(=O)Cc1ccc(Cl)cc1. The molecule has 2 rings (SSSR count). The minimum atomic E-state index is -0.362. The first-order valence-electron chi connectivity index (χ1n) is 5.85. The van der Waals surface area contributed by atoms with Crippen LogP contribution in [-0.2, 0) is 11.2 Å². The number of nitrogens with one attached hydrogen (secondary N) is 1. The zero-order chi connectivity index (χ0) is 13.0. The van der Waals surface area contributed by atoms with E-state index < -0.39 is 0 Å². The lowest BCUT2D eigenvalue weighted by atomic mass is 10.1. The molecule has 0 saturated carbocycles. The second-order valence-electron chi connectivity index (χ2n) is 4.24. The monoisotopic (exact) mass is 263 g/mol. The molecule has 1 fully saturated rings. The van der Waals surface area contributed by atoms with E-state index in [1.54, 1.807) is 17.0 Å². The first-order chi connectivity index (χ1) is 8.70. The molecule has 94 valence electrons. The molecule has 1 unspecified atom stereocenters. The summed E-state index contributed by atoms with van der Waals surface area (Å²) >= 11 is 5.80. The molecule has 4 nitrogen and oxygen atoms in total. The number of halogens is 1. The van der Waals surface area contributed by atoms with E-state index >= 15 is 0 Å². The largest absolute Gasteiger partial charge is 0.324 e. The smallest absolute Gasteiger partial charge is 0.228 e. The molecule has 18 heavy (non-hydrogen) atoms. The highest BCUT2D eigenvalue weighted by atomic mass is 35.5. The third kappa shape index (κ3) is 3.00. The fourth-order valence-electron chi connectivity index (χ4n) is 2.00. The number of rotatable bonds is 2. The number of carbonyl (C=O) groups is 1. The molecule has 0 spiro atoms. The molecule has 1 heterocycles. The maximum absolute atomic E-state index is 12.1. The number of nitriles is 1. The van der Waals surface area contributed by atoms with Gasteiger partial charge in [-0.05, 0) is 17.7 Å². The molecule has 1 aromatic carbocycles. The van der Waals surface area contributed by atoms with Crippen LogP contribution in [0.4, 0.5) is 0 Å². The van der Waals surface area contributed by atoms with Crippen LogP contribution >= 0.6 is 11.6 Å². The Balaban J connectivity index is 2.02. The number of piperazine rings is 1. The highest BCUT2D eigenvalue weighted by Crippen LogP contribution is 2.12. The maximum Gasteiger partial charge on any atom is 0.228 e. The van der Waals surface area contributed by atoms with Crippen LogP contribution in [0.25, 0.3) is 0 Å². The summed E-state index contributed by atoms with van der Waals surface area (Å²) in [6.07, 6.45) is 0.315. The molecule has 1 saturated heterocycles. The van der Waals surface area contributed by atoms with Crippen LogP contribution in [0.3, 0.4) is 0 Å². The summed E-state index contributed by atoms with van der Waals surface area (Å²) in [7, 11) is 0. The van der Waals surface area contributed by atoms with E-state index in [-0.39, 0.29) is 11.9 Å². The molecule has 1 amide bonds. The van der Waals surface area contributed by atoms with Gasteiger partial charge in [-0.2, -0.15) is 5.26 Å². The average molecular weight is 264 g/mol. The topological polar surface area (TPSA) is 56.1 Å². The Bertz CT molecular complexity index is 466. The highest BCUT2D eigenvalue weighted by Gasteiger charge is 2.25. The van der Waals surface area contributed by atoms with Crippen molar-refractivity contribution in [3.05, 3.63) is 34.9 Å². The van der Waals surface area contributed by atoms with Gasteiger partial charge in [-0.1, -0.05) is 23.7 Å². The Labute approximate surface area is 111 Å². The molecular formula is C13H14ClN3O. The molecule has 0 radical (unpaired) electrons. The van der Waals surface area contributed by atoms with Crippen LogP contribution < -0.4 is 5.32 Å². The summed E-state index contributed by atoms with van der Waals surface area (Å²) in [5.41, 5.74) is 0.916. The van der Waals surface area contributed by atoms with E-state index in [2.05, 4.69) is 11.4 Å². The van der Waals surface area contributed by atoms with E-state index in [9.17, 15) is 4.79 Å². The average Bonchev–Trinajstić information content (AvgIpc) is 2.41. The fourth-order valence-corrected chi connectivity index (χ4v) is 2.12. The number of hydrogen-bond donors (Lipinski definition) is 1. The third-order valence-electron chi connectivity index (χ3n) is 2.98. The minimum Gasteiger partial charge on any atom is -0.324 e. The van der Waals surface area contributed by atoms with E-state index in [1.807, 2.05) is 12.1 Å². The Kier molecular flexibility index (Phi) is 4.19. The molecule has 0 aromatic heterocycles. The first-order valence-corrected chi connectivity index (χ1v) is 6.23. The first kappa shape index (κ1) is 12.9. The summed E-state index contributed by atoms with van der Waals surface area (Å²) in [6.45, 7) is 1.87. The number of nitrogens with zero attached hydrogens (tertiary/aromatic N) is 2. The van der Waals surface area contributed by atoms with Crippen LogP contribution in [0.1, 0.15) is 5.56 Å². The molecule has 1 aromatic rings. The Morgan fingerprint density at radius 3 is 2.89 bits per heavy atom. The van der Waals surface area contributed by atoms with Gasteiger partial charge < -0.3 is 10.2 Å². The molecular weight excluding hydrogens is 250 g/mol. The minimum absolute atomic E-state index is 0.00891. The van der Waals surface area contributed by atoms with Crippen LogP contribution in [0, 0.1) is 11.3 Å². The molecule has 1 aliphatic heterocycles. The molecule has 1 aliphatic rings. The van der Waals surface area contributed by atoms with Crippen molar-refractivity contribution in [2.24, 2.45) is 0 Å². The summed E-state index contributed by atoms with van der Waals surface area (Å²) in [4.78, 5) is 13.8. The maximum atomic E-state index is 12.1. The lowest BCUT2D eigenvalue weighted by Gasteiger charge is -2.32. The van der Waals surface area contributed by atoms with Crippen LogP contribution in [-0.4, -0.2) is 36.5 Å². The van der Waals surface area contributed by atoms with Crippen LogP contribution in [0.15, 0.2) is 24.3 Å². The lowest BCUT2D eigenvalue weighted by Crippen LogP contribution is -2.53. The van der Waals surface area contributed by atoms with E-state index in [4.69, 9.17) is 16.9 Å². The molecule has 0 aliphatic carbocycles. The van der Waals surface area contributed by atoms with Gasteiger partial charge in [0.05, 0.1) is 12.5 Å². The van der Waals surface area contributed by atoms with Crippen LogP contribution in [0.5, 0.6) is 0 Å². The summed E-state index contributed by atoms with van der Waals surface area (Å²) < 4.78 is 0. The summed E-state index contributed by atoms with van der Waals surface area (Å²) in [5.74, 6) is -0.00891. The molecule has 1 N–H and O–H groups in total. The van der Waals surface area contributed by atoms with Crippen molar-refractivity contribution < 1.29 is 4.79 Å². The quantitative estimate of drug-likeness (QED) is 0.873. The van der Waals surface area contributed by atoms with Gasteiger partial charge in [-0.15, -0.1) is 0 Å². The van der Waals surface area contributed by atoms with Crippen molar-refractivity contribution in [3.63, 3.8) is 0 Å². The van der Waals surface area contributed by atoms with Crippen molar-refractivity contribution in [2.75, 3.05) is 19.6 Å². The predicted octanol–water partition coefficient (Wildman–Crippen LogP) is 1.21. The normalized spacial score (nSPS) is 19.3. The third-order valence-corrected chi connectivity index (χ3v) is 3.23. The summed E-state index contributed by atoms with van der Waals surface area (Å²) in [5, 5.41) is 12.8. The van der Waals surface area contributed by atoms with Crippen molar-refractivity contribution in [2.45, 2.75) is 12.5 Å². The van der Waals surface area contributed by atoms with Crippen molar-refractivity contribution in [3.8, 4) is 6.07 Å². The van der Waals surface area contributed by atoms with Crippen molar-refractivity contribution in [1.82, 2.24) is 10.2 Å². The standard InChI is InChI=1S/C13H14ClN3O/c14-11-3-1-10(2-4-11)7-13(18)17-6-5-16-9-12(17)8-15/h1-4,12,16H,5-7,9H2. The number of carbonyl (C=O) groups excluding carboxylic acids is 1. The fraction of sp³-hybridized carbons (Fsp3) is 0.385. The lowest BCUT2D eigenvalue weighted by molar-refractivity contribution is -0.132. The Morgan fingerprint density at radius 2 is 2.22 bits per heavy atom. The van der Waals surface area contributed by atoms with Crippen molar-refractivity contribution >= 4 is 17.5 Å².